The lowest BCUT2D eigenvalue weighted by Gasteiger charge is -2.29. The van der Waals surface area contributed by atoms with Crippen LogP contribution in [0.4, 0.5) is 11.4 Å². The van der Waals surface area contributed by atoms with Crippen LogP contribution in [0.5, 0.6) is 0 Å². The number of nitrogens with zero attached hydrogens (tertiary/aromatic N) is 2. The molecule has 0 radical (unpaired) electrons. The van der Waals surface area contributed by atoms with E-state index in [4.69, 9.17) is 4.74 Å². The lowest BCUT2D eigenvalue weighted by atomic mass is 10.1. The standard InChI is InChI=1S/C20H23N3O4S/c1-15(16-2-4-17(5-3-16)22-10-12-27-13-11-22)21-20(24)14-28-19-8-6-18(7-9-19)23(25)26/h2-9,15H,10-14H2,1H3,(H,21,24). The summed E-state index contributed by atoms with van der Waals surface area (Å²) in [6.07, 6.45) is 0. The number of ether oxygens (including phenoxy) is 1. The highest BCUT2D eigenvalue weighted by atomic mass is 32.2. The minimum absolute atomic E-state index is 0.0444. The topological polar surface area (TPSA) is 84.7 Å². The Balaban J connectivity index is 1.48. The summed E-state index contributed by atoms with van der Waals surface area (Å²) >= 11 is 1.35. The van der Waals surface area contributed by atoms with Crippen molar-refractivity contribution in [1.82, 2.24) is 5.32 Å². The van der Waals surface area contributed by atoms with Gasteiger partial charge in [0.2, 0.25) is 5.91 Å². The molecule has 0 aliphatic carbocycles. The van der Waals surface area contributed by atoms with Gasteiger partial charge in [-0.25, -0.2) is 0 Å². The van der Waals surface area contributed by atoms with E-state index in [0.717, 1.165) is 36.8 Å². The van der Waals surface area contributed by atoms with Gasteiger partial charge in [-0.1, -0.05) is 12.1 Å². The zero-order valence-corrected chi connectivity index (χ0v) is 16.5. The first-order valence-corrected chi connectivity index (χ1v) is 10.1. The monoisotopic (exact) mass is 401 g/mol. The van der Waals surface area contributed by atoms with Crippen molar-refractivity contribution >= 4 is 29.0 Å². The second-order valence-electron chi connectivity index (χ2n) is 6.52. The number of nitrogens with one attached hydrogen (secondary N) is 1. The summed E-state index contributed by atoms with van der Waals surface area (Å²) in [6.45, 7) is 5.25. The fourth-order valence-corrected chi connectivity index (χ4v) is 3.68. The van der Waals surface area contributed by atoms with E-state index in [1.54, 1.807) is 12.1 Å². The van der Waals surface area contributed by atoms with Crippen molar-refractivity contribution in [3.63, 3.8) is 0 Å². The molecule has 28 heavy (non-hydrogen) atoms. The quantitative estimate of drug-likeness (QED) is 0.435. The minimum Gasteiger partial charge on any atom is -0.378 e. The molecule has 8 heteroatoms. The van der Waals surface area contributed by atoms with Crippen molar-refractivity contribution in [2.24, 2.45) is 0 Å². The molecule has 2 aromatic carbocycles. The van der Waals surface area contributed by atoms with Gasteiger partial charge in [0.1, 0.15) is 0 Å². The zero-order valence-electron chi connectivity index (χ0n) is 15.7. The number of benzene rings is 2. The molecule has 1 aliphatic rings. The van der Waals surface area contributed by atoms with Crippen molar-refractivity contribution in [2.75, 3.05) is 37.0 Å². The fraction of sp³-hybridized carbons (Fsp3) is 0.350. The molecule has 0 bridgehead atoms. The predicted molar refractivity (Wildman–Crippen MR) is 110 cm³/mol. The molecule has 1 fully saturated rings. The first-order chi connectivity index (χ1) is 13.5. The Morgan fingerprint density at radius 1 is 1.18 bits per heavy atom. The molecule has 2 aromatic rings. The molecule has 1 heterocycles. The molecule has 1 saturated heterocycles. The number of anilines is 1. The van der Waals surface area contributed by atoms with Crippen LogP contribution in [0.1, 0.15) is 18.5 Å². The summed E-state index contributed by atoms with van der Waals surface area (Å²) in [5.41, 5.74) is 2.26. The molecule has 1 N–H and O–H groups in total. The number of amides is 1. The number of hydrogen-bond acceptors (Lipinski definition) is 6. The molecule has 0 saturated carbocycles. The Bertz CT molecular complexity index is 805. The van der Waals surface area contributed by atoms with E-state index in [-0.39, 0.29) is 23.4 Å². The summed E-state index contributed by atoms with van der Waals surface area (Å²) in [4.78, 5) is 25.6. The number of hydrogen-bond donors (Lipinski definition) is 1. The number of nitro groups is 1. The van der Waals surface area contributed by atoms with Gasteiger partial charge in [0.05, 0.1) is 29.9 Å². The number of non-ortho nitro benzene ring substituents is 1. The summed E-state index contributed by atoms with van der Waals surface area (Å²) in [7, 11) is 0. The van der Waals surface area contributed by atoms with Gasteiger partial charge in [-0.2, -0.15) is 0 Å². The number of thioether (sulfide) groups is 1. The largest absolute Gasteiger partial charge is 0.378 e. The number of nitro benzene ring substituents is 1. The molecule has 0 aromatic heterocycles. The number of morpholine rings is 1. The van der Waals surface area contributed by atoms with Crippen molar-refractivity contribution < 1.29 is 14.5 Å². The maximum absolute atomic E-state index is 12.2. The van der Waals surface area contributed by atoms with Crippen LogP contribution < -0.4 is 10.2 Å². The molecular formula is C20H23N3O4S. The highest BCUT2D eigenvalue weighted by Gasteiger charge is 2.14. The van der Waals surface area contributed by atoms with Crippen LogP contribution in [-0.4, -0.2) is 42.9 Å². The van der Waals surface area contributed by atoms with Gasteiger partial charge >= 0.3 is 0 Å². The van der Waals surface area contributed by atoms with Crippen LogP contribution in [-0.2, 0) is 9.53 Å². The van der Waals surface area contributed by atoms with E-state index in [1.807, 2.05) is 19.1 Å². The summed E-state index contributed by atoms with van der Waals surface area (Å²) in [5.74, 6) is 0.182. The average molecular weight is 401 g/mol. The average Bonchev–Trinajstić information content (AvgIpc) is 2.73. The Kier molecular flexibility index (Phi) is 6.89. The molecular weight excluding hydrogens is 378 g/mol. The summed E-state index contributed by atoms with van der Waals surface area (Å²) in [5, 5.41) is 13.7. The normalized spacial score (nSPS) is 15.1. The Labute approximate surface area is 168 Å². The van der Waals surface area contributed by atoms with Gasteiger partial charge < -0.3 is 15.0 Å². The van der Waals surface area contributed by atoms with E-state index in [9.17, 15) is 14.9 Å². The third kappa shape index (κ3) is 5.46. The highest BCUT2D eigenvalue weighted by Crippen LogP contribution is 2.23. The first-order valence-electron chi connectivity index (χ1n) is 9.12. The molecule has 1 aliphatic heterocycles. The summed E-state index contributed by atoms with van der Waals surface area (Å²) in [6, 6.07) is 14.3. The lowest BCUT2D eigenvalue weighted by molar-refractivity contribution is -0.384. The fourth-order valence-electron chi connectivity index (χ4n) is 2.97. The van der Waals surface area contributed by atoms with Crippen LogP contribution in [0.25, 0.3) is 0 Å². The second-order valence-corrected chi connectivity index (χ2v) is 7.57. The zero-order chi connectivity index (χ0) is 19.9. The Morgan fingerprint density at radius 2 is 1.82 bits per heavy atom. The van der Waals surface area contributed by atoms with Gasteiger partial charge in [0.15, 0.2) is 0 Å². The molecule has 3 rings (SSSR count). The first kappa shape index (κ1) is 20.2. The second kappa shape index (κ2) is 9.57. The third-order valence-electron chi connectivity index (χ3n) is 4.56. The SMILES string of the molecule is CC(NC(=O)CSc1ccc([N+](=O)[O-])cc1)c1ccc(N2CCOCC2)cc1. The molecule has 1 unspecified atom stereocenters. The highest BCUT2D eigenvalue weighted by molar-refractivity contribution is 8.00. The third-order valence-corrected chi connectivity index (χ3v) is 5.58. The number of rotatable bonds is 7. The van der Waals surface area contributed by atoms with E-state index in [1.165, 1.54) is 29.6 Å². The number of carbonyl (C=O) groups excluding carboxylic acids is 1. The van der Waals surface area contributed by atoms with Crippen molar-refractivity contribution in [2.45, 2.75) is 17.9 Å². The van der Waals surface area contributed by atoms with Crippen LogP contribution >= 0.6 is 11.8 Å². The molecule has 1 amide bonds. The van der Waals surface area contributed by atoms with Gasteiger partial charge in [0.25, 0.3) is 5.69 Å². The maximum atomic E-state index is 12.2. The number of carbonyl (C=O) groups is 1. The minimum atomic E-state index is -0.437. The molecule has 1 atom stereocenters. The van der Waals surface area contributed by atoms with Gasteiger partial charge in [0, 0.05) is 35.8 Å². The van der Waals surface area contributed by atoms with Crippen LogP contribution in [0.2, 0.25) is 0 Å². The maximum Gasteiger partial charge on any atom is 0.269 e. The Hall–Kier alpha value is -2.58. The predicted octanol–water partition coefficient (Wildman–Crippen LogP) is 3.40. The molecule has 148 valence electrons. The van der Waals surface area contributed by atoms with E-state index in [2.05, 4.69) is 22.3 Å². The smallest absolute Gasteiger partial charge is 0.269 e. The van der Waals surface area contributed by atoms with Crippen molar-refractivity contribution in [1.29, 1.82) is 0 Å². The van der Waals surface area contributed by atoms with E-state index >= 15 is 0 Å². The molecule has 0 spiro atoms. The Morgan fingerprint density at radius 3 is 2.43 bits per heavy atom. The van der Waals surface area contributed by atoms with E-state index in [0.29, 0.717) is 0 Å². The summed E-state index contributed by atoms with van der Waals surface area (Å²) < 4.78 is 5.38. The molecule has 7 nitrogen and oxygen atoms in total. The van der Waals surface area contributed by atoms with Gasteiger partial charge in [-0.15, -0.1) is 11.8 Å². The lowest BCUT2D eigenvalue weighted by Crippen LogP contribution is -2.36. The van der Waals surface area contributed by atoms with Crippen molar-refractivity contribution in [3.8, 4) is 0 Å². The van der Waals surface area contributed by atoms with Gasteiger partial charge in [-0.3, -0.25) is 14.9 Å². The van der Waals surface area contributed by atoms with E-state index < -0.39 is 4.92 Å². The van der Waals surface area contributed by atoms with Crippen LogP contribution in [0.3, 0.4) is 0 Å². The van der Waals surface area contributed by atoms with Crippen molar-refractivity contribution in [3.05, 3.63) is 64.2 Å². The van der Waals surface area contributed by atoms with Gasteiger partial charge in [-0.05, 0) is 36.8 Å². The van der Waals surface area contributed by atoms with Crippen LogP contribution in [0.15, 0.2) is 53.4 Å². The van der Waals surface area contributed by atoms with Crippen LogP contribution in [0, 0.1) is 10.1 Å².